The van der Waals surface area contributed by atoms with Crippen molar-refractivity contribution in [3.05, 3.63) is 47.5 Å². The predicted octanol–water partition coefficient (Wildman–Crippen LogP) is 0.798. The van der Waals surface area contributed by atoms with Gasteiger partial charge >= 0.3 is 0 Å². The molecule has 7 N–H and O–H groups in total. The number of hydrogen-bond acceptors (Lipinski definition) is 8. The molecule has 2 heterocycles. The van der Waals surface area contributed by atoms with Gasteiger partial charge in [0.25, 0.3) is 0 Å². The highest BCUT2D eigenvalue weighted by molar-refractivity contribution is 7.89. The lowest BCUT2D eigenvalue weighted by atomic mass is 10.0. The zero-order chi connectivity index (χ0) is 26.0. The normalized spacial score (nSPS) is 17.5. The topological polar surface area (TPSA) is 179 Å². The molecule has 0 aliphatic carbocycles. The number of carbonyl (C=O) groups excluding carboxylic acids is 2. The fraction of sp³-hybridized carbons (Fsp3) is 0.417. The van der Waals surface area contributed by atoms with Crippen LogP contribution in [0, 0.1) is 0 Å². The van der Waals surface area contributed by atoms with Crippen molar-refractivity contribution >= 4 is 27.5 Å². The van der Waals surface area contributed by atoms with Crippen molar-refractivity contribution in [2.75, 3.05) is 18.4 Å². The van der Waals surface area contributed by atoms with Crippen molar-refractivity contribution in [1.29, 1.82) is 0 Å². The molecule has 2 aromatic carbocycles. The minimum atomic E-state index is -3.95. The van der Waals surface area contributed by atoms with Crippen LogP contribution >= 0.6 is 0 Å². The summed E-state index contributed by atoms with van der Waals surface area (Å²) in [5.74, 6) is -1.36. The van der Waals surface area contributed by atoms with Crippen molar-refractivity contribution in [1.82, 2.24) is 9.21 Å². The number of sulfonamides is 1. The summed E-state index contributed by atoms with van der Waals surface area (Å²) in [6.45, 7) is 1.46. The maximum absolute atomic E-state index is 13.0. The molecule has 12 heteroatoms. The van der Waals surface area contributed by atoms with Crippen molar-refractivity contribution in [2.45, 2.75) is 55.8 Å². The molecule has 0 aromatic heterocycles. The SMILES string of the molecule is NC(=O)CC[C@H](N)C(=O)N1CCC(Nc2ccc3c(c2)CN(S(=O)(=O)c2ccc(O)cc2O)C3)CC1. The number of carbonyl (C=O) groups is 2. The van der Waals surface area contributed by atoms with Gasteiger partial charge in [0.05, 0.1) is 6.04 Å². The number of primary amides is 1. The predicted molar refractivity (Wildman–Crippen MR) is 132 cm³/mol. The van der Waals surface area contributed by atoms with Crippen molar-refractivity contribution < 1.29 is 28.2 Å². The van der Waals surface area contributed by atoms with Crippen molar-refractivity contribution in [3.8, 4) is 11.5 Å². The van der Waals surface area contributed by atoms with Gasteiger partial charge in [-0.2, -0.15) is 4.31 Å². The second kappa shape index (κ2) is 10.3. The number of benzene rings is 2. The molecule has 0 radical (unpaired) electrons. The lowest BCUT2D eigenvalue weighted by Gasteiger charge is -2.34. The van der Waals surface area contributed by atoms with Crippen molar-refractivity contribution in [2.24, 2.45) is 11.5 Å². The molecule has 0 bridgehead atoms. The Bertz CT molecular complexity index is 1260. The van der Waals surface area contributed by atoms with Crippen LogP contribution in [-0.4, -0.2) is 64.8 Å². The number of nitrogens with two attached hydrogens (primary N) is 2. The molecule has 2 aliphatic rings. The van der Waals surface area contributed by atoms with E-state index in [2.05, 4.69) is 5.32 Å². The summed E-state index contributed by atoms with van der Waals surface area (Å²) >= 11 is 0. The first-order valence-electron chi connectivity index (χ1n) is 11.8. The summed E-state index contributed by atoms with van der Waals surface area (Å²) in [7, 11) is -3.95. The lowest BCUT2D eigenvalue weighted by molar-refractivity contribution is -0.133. The summed E-state index contributed by atoms with van der Waals surface area (Å²) in [5.41, 5.74) is 13.7. The minimum absolute atomic E-state index is 0.0814. The summed E-state index contributed by atoms with van der Waals surface area (Å²) in [6.07, 6.45) is 1.77. The van der Waals surface area contributed by atoms with E-state index in [1.807, 2.05) is 18.2 Å². The molecule has 2 aromatic rings. The Balaban J connectivity index is 1.34. The maximum Gasteiger partial charge on any atom is 0.247 e. The summed E-state index contributed by atoms with van der Waals surface area (Å²) in [6, 6.07) is 8.56. The first kappa shape index (κ1) is 25.7. The number of anilines is 1. The number of hydrogen-bond donors (Lipinski definition) is 5. The smallest absolute Gasteiger partial charge is 0.247 e. The second-order valence-corrected chi connectivity index (χ2v) is 11.2. The third kappa shape index (κ3) is 5.55. The van der Waals surface area contributed by atoms with E-state index in [0.717, 1.165) is 35.7 Å². The van der Waals surface area contributed by atoms with E-state index in [4.69, 9.17) is 11.5 Å². The number of likely N-dealkylation sites (tertiary alicyclic amines) is 1. The van der Waals surface area contributed by atoms with Gasteiger partial charge in [-0.05, 0) is 54.7 Å². The molecule has 4 rings (SSSR count). The van der Waals surface area contributed by atoms with E-state index >= 15 is 0 Å². The summed E-state index contributed by atoms with van der Waals surface area (Å²) < 4.78 is 27.4. The van der Waals surface area contributed by atoms with Crippen LogP contribution in [0.5, 0.6) is 11.5 Å². The monoisotopic (exact) mass is 517 g/mol. The number of fused-ring (bicyclic) bond motifs is 1. The number of rotatable bonds is 8. The lowest BCUT2D eigenvalue weighted by Crippen LogP contribution is -2.49. The molecule has 1 atom stereocenters. The Hall–Kier alpha value is -3.35. The van der Waals surface area contributed by atoms with Crippen LogP contribution in [0.4, 0.5) is 5.69 Å². The summed E-state index contributed by atoms with van der Waals surface area (Å²) in [5, 5.41) is 23.0. The molecule has 0 spiro atoms. The number of piperidine rings is 1. The molecule has 0 saturated carbocycles. The fourth-order valence-corrected chi connectivity index (χ4v) is 6.08. The first-order valence-corrected chi connectivity index (χ1v) is 13.2. The van der Waals surface area contributed by atoms with Crippen LogP contribution in [0.15, 0.2) is 41.3 Å². The fourth-order valence-electron chi connectivity index (χ4n) is 4.62. The number of nitrogens with zero attached hydrogens (tertiary/aromatic N) is 2. The first-order chi connectivity index (χ1) is 17.0. The van der Waals surface area contributed by atoms with Crippen LogP contribution in [0.25, 0.3) is 0 Å². The van der Waals surface area contributed by atoms with Gasteiger partial charge in [-0.3, -0.25) is 9.59 Å². The highest BCUT2D eigenvalue weighted by Gasteiger charge is 2.33. The molecule has 1 fully saturated rings. The van der Waals surface area contributed by atoms with Crippen LogP contribution in [0.1, 0.15) is 36.8 Å². The average Bonchev–Trinajstić information content (AvgIpc) is 3.27. The van der Waals surface area contributed by atoms with Gasteiger partial charge in [0.2, 0.25) is 21.8 Å². The molecule has 0 unspecified atom stereocenters. The van der Waals surface area contributed by atoms with Gasteiger partial charge in [-0.25, -0.2) is 8.42 Å². The number of phenols is 2. The Morgan fingerprint density at radius 1 is 1.06 bits per heavy atom. The summed E-state index contributed by atoms with van der Waals surface area (Å²) in [4.78, 5) is 24.9. The van der Waals surface area contributed by atoms with E-state index in [-0.39, 0.29) is 48.5 Å². The quantitative estimate of drug-likeness (QED) is 0.341. The second-order valence-electron chi connectivity index (χ2n) is 9.26. The number of aromatic hydroxyl groups is 2. The van der Waals surface area contributed by atoms with Gasteiger partial charge < -0.3 is 31.9 Å². The zero-order valence-electron chi connectivity index (χ0n) is 19.8. The highest BCUT2D eigenvalue weighted by Crippen LogP contribution is 2.35. The van der Waals surface area contributed by atoms with E-state index in [1.165, 1.54) is 16.4 Å². The molecule has 1 saturated heterocycles. The van der Waals surface area contributed by atoms with Gasteiger partial charge in [-0.1, -0.05) is 6.07 Å². The molecular formula is C24H31N5O6S. The molecule has 194 valence electrons. The Kier molecular flexibility index (Phi) is 7.38. The van der Waals surface area contributed by atoms with E-state index in [0.29, 0.717) is 13.1 Å². The third-order valence-electron chi connectivity index (χ3n) is 6.66. The Morgan fingerprint density at radius 3 is 2.42 bits per heavy atom. The average molecular weight is 518 g/mol. The van der Waals surface area contributed by atoms with Gasteiger partial charge in [0.15, 0.2) is 0 Å². The van der Waals surface area contributed by atoms with E-state index in [1.54, 1.807) is 4.90 Å². The van der Waals surface area contributed by atoms with E-state index < -0.39 is 27.7 Å². The molecule has 11 nitrogen and oxygen atoms in total. The van der Waals surface area contributed by atoms with Crippen LogP contribution in [0.2, 0.25) is 0 Å². The van der Waals surface area contributed by atoms with Crippen LogP contribution in [-0.2, 0) is 32.7 Å². The molecular weight excluding hydrogens is 486 g/mol. The largest absolute Gasteiger partial charge is 0.508 e. The molecule has 2 aliphatic heterocycles. The van der Waals surface area contributed by atoms with Gasteiger partial charge in [0.1, 0.15) is 16.4 Å². The van der Waals surface area contributed by atoms with E-state index in [9.17, 15) is 28.2 Å². The van der Waals surface area contributed by atoms with Crippen molar-refractivity contribution in [3.63, 3.8) is 0 Å². The molecule has 2 amide bonds. The third-order valence-corrected chi connectivity index (χ3v) is 8.50. The van der Waals surface area contributed by atoms with Crippen LogP contribution < -0.4 is 16.8 Å². The van der Waals surface area contributed by atoms with Gasteiger partial charge in [0, 0.05) is 50.4 Å². The Morgan fingerprint density at radius 2 is 1.75 bits per heavy atom. The minimum Gasteiger partial charge on any atom is -0.508 e. The number of nitrogens with one attached hydrogen (secondary N) is 1. The molecule has 36 heavy (non-hydrogen) atoms. The zero-order valence-corrected chi connectivity index (χ0v) is 20.6. The maximum atomic E-state index is 13.0. The highest BCUT2D eigenvalue weighted by atomic mass is 32.2. The number of amides is 2. The standard InChI is InChI=1S/C24H31N5O6S/c25-20(4-6-23(26)32)24(33)28-9-7-17(8-10-28)27-18-2-1-15-13-29(14-16(15)11-18)36(34,35)22-5-3-19(30)12-21(22)31/h1-3,5,11-12,17,20,27,30-31H,4,6-10,13-14,25H2,(H2,26,32)/t20-/m0/s1. The van der Waals surface area contributed by atoms with Gasteiger partial charge in [-0.15, -0.1) is 0 Å². The number of phenolic OH excluding ortho intramolecular Hbond substituents is 2. The van der Waals surface area contributed by atoms with Crippen LogP contribution in [0.3, 0.4) is 0 Å². The Labute approximate surface area is 209 Å².